The van der Waals surface area contributed by atoms with Gasteiger partial charge in [0, 0.05) is 0 Å². The summed E-state index contributed by atoms with van der Waals surface area (Å²) in [6.45, 7) is 0. The minimum atomic E-state index is -1.09. The van der Waals surface area contributed by atoms with Gasteiger partial charge in [0.15, 0.2) is 0 Å². The lowest BCUT2D eigenvalue weighted by Gasteiger charge is -2.14. The number of phenols is 1. The van der Waals surface area contributed by atoms with Crippen LogP contribution in [0, 0.1) is 5.92 Å². The number of halogens is 1. The molecule has 1 aliphatic heterocycles. The Hall–Kier alpha value is -1.75. The van der Waals surface area contributed by atoms with Crippen LogP contribution in [-0.4, -0.2) is 22.2 Å². The molecule has 2 atom stereocenters. The standard InChI is InChI=1S/C11H9ClO5/c12-7-3-5(1-2-8(7)13)10-6(11(15)16)4-9(14)17-10/h1-3,6,10,13H,4H2,(H,15,16)/t6-,10-/m1/s1. The van der Waals surface area contributed by atoms with Crippen molar-refractivity contribution in [3.63, 3.8) is 0 Å². The summed E-state index contributed by atoms with van der Waals surface area (Å²) in [6, 6.07) is 4.22. The summed E-state index contributed by atoms with van der Waals surface area (Å²) in [5.74, 6) is -2.66. The summed E-state index contributed by atoms with van der Waals surface area (Å²) in [5.41, 5.74) is 0.464. The predicted octanol–water partition coefficient (Wildman–Crippen LogP) is 1.73. The number of phenolic OH excluding ortho intramolecular Hbond substituents is 1. The molecule has 6 heteroatoms. The van der Waals surface area contributed by atoms with Crippen LogP contribution in [0.5, 0.6) is 5.75 Å². The zero-order valence-corrected chi connectivity index (χ0v) is 9.35. The second-order valence-electron chi connectivity index (χ2n) is 3.77. The van der Waals surface area contributed by atoms with Crippen LogP contribution in [-0.2, 0) is 14.3 Å². The average Bonchev–Trinajstić information content (AvgIpc) is 2.64. The van der Waals surface area contributed by atoms with E-state index in [4.69, 9.17) is 21.4 Å². The van der Waals surface area contributed by atoms with Crippen LogP contribution in [0.1, 0.15) is 18.1 Å². The summed E-state index contributed by atoms with van der Waals surface area (Å²) < 4.78 is 4.96. The normalized spacial score (nSPS) is 23.5. The Kier molecular flexibility index (Phi) is 2.93. The molecule has 0 bridgehead atoms. The van der Waals surface area contributed by atoms with E-state index in [1.54, 1.807) is 0 Å². The summed E-state index contributed by atoms with van der Waals surface area (Å²) in [7, 11) is 0. The molecule has 0 amide bonds. The van der Waals surface area contributed by atoms with Crippen molar-refractivity contribution in [3.05, 3.63) is 28.8 Å². The highest BCUT2D eigenvalue weighted by Crippen LogP contribution is 2.37. The van der Waals surface area contributed by atoms with Gasteiger partial charge >= 0.3 is 11.9 Å². The SMILES string of the molecule is O=C1C[C@@H](C(=O)O)[C@@H](c2ccc(O)c(Cl)c2)O1. The molecule has 1 fully saturated rings. The second kappa shape index (κ2) is 4.25. The van der Waals surface area contributed by atoms with E-state index in [-0.39, 0.29) is 17.2 Å². The van der Waals surface area contributed by atoms with Crippen LogP contribution in [0.2, 0.25) is 5.02 Å². The van der Waals surface area contributed by atoms with E-state index >= 15 is 0 Å². The van der Waals surface area contributed by atoms with Crippen molar-refractivity contribution < 1.29 is 24.5 Å². The van der Waals surface area contributed by atoms with Gasteiger partial charge in [0.25, 0.3) is 0 Å². The molecule has 2 rings (SSSR count). The van der Waals surface area contributed by atoms with Gasteiger partial charge < -0.3 is 14.9 Å². The molecule has 1 aromatic carbocycles. The van der Waals surface area contributed by atoms with Crippen LogP contribution in [0.15, 0.2) is 18.2 Å². The van der Waals surface area contributed by atoms with E-state index < -0.39 is 24.0 Å². The van der Waals surface area contributed by atoms with Crippen LogP contribution in [0.25, 0.3) is 0 Å². The highest BCUT2D eigenvalue weighted by molar-refractivity contribution is 6.32. The van der Waals surface area contributed by atoms with E-state index in [0.29, 0.717) is 5.56 Å². The molecule has 1 aliphatic rings. The third-order valence-electron chi connectivity index (χ3n) is 2.63. The maximum absolute atomic E-state index is 11.1. The highest BCUT2D eigenvalue weighted by Gasteiger charge is 2.41. The van der Waals surface area contributed by atoms with Crippen molar-refractivity contribution >= 4 is 23.5 Å². The van der Waals surface area contributed by atoms with Gasteiger partial charge in [-0.3, -0.25) is 9.59 Å². The molecule has 0 radical (unpaired) electrons. The van der Waals surface area contributed by atoms with Crippen LogP contribution in [0.4, 0.5) is 0 Å². The van der Waals surface area contributed by atoms with Crippen LogP contribution in [0.3, 0.4) is 0 Å². The third-order valence-corrected chi connectivity index (χ3v) is 2.93. The van der Waals surface area contributed by atoms with Gasteiger partial charge in [-0.05, 0) is 17.7 Å². The van der Waals surface area contributed by atoms with E-state index in [0.717, 1.165) is 0 Å². The molecular weight excluding hydrogens is 248 g/mol. The van der Waals surface area contributed by atoms with Gasteiger partial charge in [-0.1, -0.05) is 17.7 Å². The number of esters is 1. The van der Waals surface area contributed by atoms with E-state index in [1.165, 1.54) is 18.2 Å². The molecule has 0 saturated carbocycles. The first kappa shape index (κ1) is 11.7. The first-order valence-electron chi connectivity index (χ1n) is 4.89. The number of aromatic hydroxyl groups is 1. The molecule has 1 heterocycles. The number of hydrogen-bond acceptors (Lipinski definition) is 4. The maximum atomic E-state index is 11.1. The number of carbonyl (C=O) groups excluding carboxylic acids is 1. The van der Waals surface area contributed by atoms with Crippen molar-refractivity contribution in [3.8, 4) is 5.75 Å². The zero-order chi connectivity index (χ0) is 12.6. The Balaban J connectivity index is 2.34. The molecule has 5 nitrogen and oxygen atoms in total. The fraction of sp³-hybridized carbons (Fsp3) is 0.273. The molecular formula is C11H9ClO5. The molecule has 1 aromatic rings. The highest BCUT2D eigenvalue weighted by atomic mass is 35.5. The maximum Gasteiger partial charge on any atom is 0.311 e. The fourth-order valence-electron chi connectivity index (χ4n) is 1.78. The van der Waals surface area contributed by atoms with Crippen LogP contribution < -0.4 is 0 Å². The fourth-order valence-corrected chi connectivity index (χ4v) is 1.96. The molecule has 2 N–H and O–H groups in total. The lowest BCUT2D eigenvalue weighted by Crippen LogP contribution is -2.17. The van der Waals surface area contributed by atoms with Crippen molar-refractivity contribution in [2.24, 2.45) is 5.92 Å². The molecule has 0 aliphatic carbocycles. The lowest BCUT2D eigenvalue weighted by molar-refractivity contribution is -0.144. The molecule has 90 valence electrons. The quantitative estimate of drug-likeness (QED) is 0.788. The number of aliphatic carboxylic acids is 1. The summed E-state index contributed by atoms with van der Waals surface area (Å²) in [4.78, 5) is 22.1. The van der Waals surface area contributed by atoms with Gasteiger partial charge in [0.05, 0.1) is 11.4 Å². The Bertz CT molecular complexity index is 485. The smallest absolute Gasteiger partial charge is 0.311 e. The minimum absolute atomic E-state index is 0.0922. The summed E-state index contributed by atoms with van der Waals surface area (Å²) in [6.07, 6.45) is -1.00. The number of benzene rings is 1. The van der Waals surface area contributed by atoms with E-state index in [1.807, 2.05) is 0 Å². The van der Waals surface area contributed by atoms with E-state index in [2.05, 4.69) is 0 Å². The summed E-state index contributed by atoms with van der Waals surface area (Å²) in [5, 5.41) is 18.3. The largest absolute Gasteiger partial charge is 0.506 e. The molecule has 0 unspecified atom stereocenters. The summed E-state index contributed by atoms with van der Waals surface area (Å²) >= 11 is 5.72. The molecule has 17 heavy (non-hydrogen) atoms. The first-order chi connectivity index (χ1) is 7.99. The van der Waals surface area contributed by atoms with Crippen LogP contribution >= 0.6 is 11.6 Å². The third kappa shape index (κ3) is 2.19. The monoisotopic (exact) mass is 256 g/mol. The first-order valence-corrected chi connectivity index (χ1v) is 5.27. The van der Waals surface area contributed by atoms with E-state index in [9.17, 15) is 14.7 Å². The Morgan fingerprint density at radius 2 is 2.18 bits per heavy atom. The Labute approximate surface area is 102 Å². The number of hydrogen-bond donors (Lipinski definition) is 2. The number of ether oxygens (including phenoxy) is 1. The van der Waals surface area contributed by atoms with Crippen molar-refractivity contribution in [2.75, 3.05) is 0 Å². The van der Waals surface area contributed by atoms with Gasteiger partial charge in [0.1, 0.15) is 17.8 Å². The molecule has 0 aromatic heterocycles. The van der Waals surface area contributed by atoms with Gasteiger partial charge in [-0.25, -0.2) is 0 Å². The minimum Gasteiger partial charge on any atom is -0.506 e. The number of cyclic esters (lactones) is 1. The number of carbonyl (C=O) groups is 2. The zero-order valence-electron chi connectivity index (χ0n) is 8.59. The van der Waals surface area contributed by atoms with Gasteiger partial charge in [-0.2, -0.15) is 0 Å². The van der Waals surface area contributed by atoms with Crippen molar-refractivity contribution in [2.45, 2.75) is 12.5 Å². The topological polar surface area (TPSA) is 83.8 Å². The number of carboxylic acids is 1. The van der Waals surface area contributed by atoms with Crippen molar-refractivity contribution in [1.82, 2.24) is 0 Å². The predicted molar refractivity (Wildman–Crippen MR) is 57.7 cm³/mol. The van der Waals surface area contributed by atoms with Gasteiger partial charge in [0.2, 0.25) is 0 Å². The molecule has 1 saturated heterocycles. The lowest BCUT2D eigenvalue weighted by atomic mass is 9.95. The Morgan fingerprint density at radius 1 is 1.47 bits per heavy atom. The molecule has 0 spiro atoms. The number of carboxylic acid groups (broad SMARTS) is 1. The number of rotatable bonds is 2. The van der Waals surface area contributed by atoms with Crippen molar-refractivity contribution in [1.29, 1.82) is 0 Å². The van der Waals surface area contributed by atoms with Gasteiger partial charge in [-0.15, -0.1) is 0 Å². The Morgan fingerprint density at radius 3 is 2.76 bits per heavy atom. The second-order valence-corrected chi connectivity index (χ2v) is 4.18. The average molecular weight is 257 g/mol.